The number of ether oxygens (including phenoxy) is 1. The number of carbonyl (C=O) groups excluding carboxylic acids is 1. The van der Waals surface area contributed by atoms with Crippen LogP contribution in [0.15, 0.2) is 23.8 Å². The summed E-state index contributed by atoms with van der Waals surface area (Å²) in [6.45, 7) is 10.9. The summed E-state index contributed by atoms with van der Waals surface area (Å²) < 4.78 is 4.78. The predicted octanol–water partition coefficient (Wildman–Crippen LogP) is 5.77. The Bertz CT molecular complexity index is 483. The zero-order valence-electron chi connectivity index (χ0n) is 17.5. The van der Waals surface area contributed by atoms with Gasteiger partial charge in [0, 0.05) is 0 Å². The first-order chi connectivity index (χ1) is 12.4. The lowest BCUT2D eigenvalue weighted by molar-refractivity contribution is -0.409. The van der Waals surface area contributed by atoms with Crippen molar-refractivity contribution in [2.75, 3.05) is 7.11 Å². The van der Waals surface area contributed by atoms with Crippen molar-refractivity contribution < 1.29 is 19.3 Å². The van der Waals surface area contributed by atoms with Crippen molar-refractivity contribution in [3.8, 4) is 0 Å². The lowest BCUT2D eigenvalue weighted by atomic mass is 9.80. The second kappa shape index (κ2) is 11.6. The molecule has 0 aromatic heterocycles. The number of carbonyl (C=O) groups is 1. The molecule has 1 fully saturated rings. The Morgan fingerprint density at radius 1 is 1.31 bits per heavy atom. The summed E-state index contributed by atoms with van der Waals surface area (Å²) in [6, 6.07) is 0. The normalized spacial score (nSPS) is 28.3. The molecule has 4 atom stereocenters. The van der Waals surface area contributed by atoms with Gasteiger partial charge in [-0.05, 0) is 50.9 Å². The van der Waals surface area contributed by atoms with E-state index in [1.165, 1.54) is 12.7 Å². The number of esters is 1. The van der Waals surface area contributed by atoms with Crippen LogP contribution in [0.1, 0.15) is 79.6 Å². The summed E-state index contributed by atoms with van der Waals surface area (Å²) in [4.78, 5) is 23.2. The van der Waals surface area contributed by atoms with E-state index in [4.69, 9.17) is 14.5 Å². The average molecular weight is 367 g/mol. The van der Waals surface area contributed by atoms with Gasteiger partial charge in [0.1, 0.15) is 11.7 Å². The standard InChI is InChI=1S/C22H38O4/c1-7-11-12-18(8-2)13-17(5)15-22(10-4)16-19(9-3)20(25-26-22)14-21(23)24-6/h11-12,15,18-20H,7-10,13-14,16H2,1-6H3/b12-11+,17-15+/t18-,19+,20-,22+/m0/s1. The van der Waals surface area contributed by atoms with Crippen molar-refractivity contribution in [3.63, 3.8) is 0 Å². The van der Waals surface area contributed by atoms with Crippen LogP contribution in [0.25, 0.3) is 0 Å². The van der Waals surface area contributed by atoms with E-state index in [0.717, 1.165) is 38.5 Å². The molecule has 0 saturated carbocycles. The molecule has 0 unspecified atom stereocenters. The molecule has 4 nitrogen and oxygen atoms in total. The van der Waals surface area contributed by atoms with Crippen molar-refractivity contribution in [2.24, 2.45) is 11.8 Å². The molecule has 0 N–H and O–H groups in total. The van der Waals surface area contributed by atoms with Crippen molar-refractivity contribution in [3.05, 3.63) is 23.8 Å². The third kappa shape index (κ3) is 6.88. The Hall–Kier alpha value is -1.13. The van der Waals surface area contributed by atoms with E-state index in [9.17, 15) is 4.79 Å². The van der Waals surface area contributed by atoms with Crippen LogP contribution in [0, 0.1) is 11.8 Å². The first-order valence-corrected chi connectivity index (χ1v) is 10.2. The molecule has 1 rings (SSSR count). The molecule has 1 aliphatic heterocycles. The van der Waals surface area contributed by atoms with E-state index < -0.39 is 5.60 Å². The van der Waals surface area contributed by atoms with Crippen molar-refractivity contribution in [2.45, 2.75) is 91.3 Å². The molecule has 26 heavy (non-hydrogen) atoms. The van der Waals surface area contributed by atoms with Crippen LogP contribution >= 0.6 is 0 Å². The summed E-state index contributed by atoms with van der Waals surface area (Å²) in [6.07, 6.45) is 12.8. The fourth-order valence-electron chi connectivity index (χ4n) is 3.69. The van der Waals surface area contributed by atoms with E-state index in [1.54, 1.807) is 0 Å². The van der Waals surface area contributed by atoms with Gasteiger partial charge in [0.05, 0.1) is 13.5 Å². The Labute approximate surface area is 159 Å². The molecule has 0 aliphatic carbocycles. The van der Waals surface area contributed by atoms with Crippen molar-refractivity contribution in [1.29, 1.82) is 0 Å². The van der Waals surface area contributed by atoms with Gasteiger partial charge in [-0.2, -0.15) is 0 Å². The second-order valence-electron chi connectivity index (χ2n) is 7.49. The van der Waals surface area contributed by atoms with Gasteiger partial charge in [0.25, 0.3) is 0 Å². The van der Waals surface area contributed by atoms with Gasteiger partial charge < -0.3 is 4.74 Å². The average Bonchev–Trinajstić information content (AvgIpc) is 2.66. The maximum absolute atomic E-state index is 11.6. The Balaban J connectivity index is 2.84. The lowest BCUT2D eigenvalue weighted by Crippen LogP contribution is -2.44. The SMILES string of the molecule is CC/C=C/[C@H](CC)C/C(C)=C/[C@]1(CC)C[C@@H](CC)[C@H](CC(=O)OC)OO1. The van der Waals surface area contributed by atoms with Crippen LogP contribution in [0.4, 0.5) is 0 Å². The molecule has 150 valence electrons. The summed E-state index contributed by atoms with van der Waals surface area (Å²) in [5.74, 6) is 0.605. The second-order valence-corrected chi connectivity index (χ2v) is 7.49. The molecule has 1 heterocycles. The molecule has 0 bridgehead atoms. The Morgan fingerprint density at radius 3 is 2.58 bits per heavy atom. The minimum absolute atomic E-state index is 0.225. The highest BCUT2D eigenvalue weighted by Gasteiger charge is 2.41. The van der Waals surface area contributed by atoms with Crippen LogP contribution in [0.5, 0.6) is 0 Å². The van der Waals surface area contributed by atoms with Crippen molar-refractivity contribution >= 4 is 5.97 Å². The maximum atomic E-state index is 11.6. The van der Waals surface area contributed by atoms with Crippen LogP contribution < -0.4 is 0 Å². The number of hydrogen-bond acceptors (Lipinski definition) is 4. The van der Waals surface area contributed by atoms with E-state index in [-0.39, 0.29) is 24.4 Å². The van der Waals surface area contributed by atoms with Gasteiger partial charge in [-0.25, -0.2) is 9.78 Å². The largest absolute Gasteiger partial charge is 0.469 e. The monoisotopic (exact) mass is 366 g/mol. The first-order valence-electron chi connectivity index (χ1n) is 10.2. The molecule has 1 aliphatic rings. The highest BCUT2D eigenvalue weighted by Crippen LogP contribution is 2.39. The van der Waals surface area contributed by atoms with Gasteiger partial charge in [0.15, 0.2) is 0 Å². The fourth-order valence-corrected chi connectivity index (χ4v) is 3.69. The molecule has 0 aromatic carbocycles. The smallest absolute Gasteiger partial charge is 0.308 e. The first kappa shape index (κ1) is 22.9. The topological polar surface area (TPSA) is 44.8 Å². The zero-order chi connectivity index (χ0) is 19.6. The van der Waals surface area contributed by atoms with Crippen molar-refractivity contribution in [1.82, 2.24) is 0 Å². The quantitative estimate of drug-likeness (QED) is 0.279. The number of rotatable bonds is 10. The Morgan fingerprint density at radius 2 is 2.04 bits per heavy atom. The van der Waals surface area contributed by atoms with E-state index >= 15 is 0 Å². The number of methoxy groups -OCH3 is 1. The minimum Gasteiger partial charge on any atom is -0.469 e. The molecule has 0 spiro atoms. The lowest BCUT2D eigenvalue weighted by Gasteiger charge is -2.41. The predicted molar refractivity (Wildman–Crippen MR) is 106 cm³/mol. The summed E-state index contributed by atoms with van der Waals surface area (Å²) in [7, 11) is 1.41. The Kier molecular flexibility index (Phi) is 10.2. The molecule has 0 radical (unpaired) electrons. The summed E-state index contributed by atoms with van der Waals surface area (Å²) in [5.41, 5.74) is 0.939. The van der Waals surface area contributed by atoms with Gasteiger partial charge in [-0.3, -0.25) is 4.79 Å². The third-order valence-corrected chi connectivity index (χ3v) is 5.45. The maximum Gasteiger partial charge on any atom is 0.308 e. The molecular weight excluding hydrogens is 328 g/mol. The van der Waals surface area contributed by atoms with Gasteiger partial charge in [0.2, 0.25) is 0 Å². The van der Waals surface area contributed by atoms with Crippen LogP contribution in [-0.4, -0.2) is 24.8 Å². The third-order valence-electron chi connectivity index (χ3n) is 5.45. The highest BCUT2D eigenvalue weighted by atomic mass is 17.2. The van der Waals surface area contributed by atoms with E-state index in [2.05, 4.69) is 52.8 Å². The summed E-state index contributed by atoms with van der Waals surface area (Å²) in [5, 5.41) is 0. The molecule has 0 aromatic rings. The number of allylic oxidation sites excluding steroid dienone is 3. The zero-order valence-corrected chi connectivity index (χ0v) is 17.5. The fraction of sp³-hybridized carbons (Fsp3) is 0.773. The van der Waals surface area contributed by atoms with Gasteiger partial charge in [-0.1, -0.05) is 57.9 Å². The molecular formula is C22H38O4. The molecule has 0 amide bonds. The summed E-state index contributed by atoms with van der Waals surface area (Å²) >= 11 is 0. The van der Waals surface area contributed by atoms with E-state index in [1.807, 2.05) is 0 Å². The molecule has 4 heteroatoms. The minimum atomic E-state index is -0.399. The van der Waals surface area contributed by atoms with E-state index in [0.29, 0.717) is 5.92 Å². The molecule has 1 saturated heterocycles. The van der Waals surface area contributed by atoms with Gasteiger partial charge in [-0.15, -0.1) is 0 Å². The van der Waals surface area contributed by atoms with Gasteiger partial charge >= 0.3 is 5.97 Å². The van der Waals surface area contributed by atoms with Crippen LogP contribution in [0.3, 0.4) is 0 Å². The van der Waals surface area contributed by atoms with Crippen LogP contribution in [-0.2, 0) is 19.3 Å². The highest BCUT2D eigenvalue weighted by molar-refractivity contribution is 5.69. The number of hydrogen-bond donors (Lipinski definition) is 0. The van der Waals surface area contributed by atoms with Crippen LogP contribution in [0.2, 0.25) is 0 Å².